The number of nitrogens with one attached hydrogen (secondary N) is 1. The summed E-state index contributed by atoms with van der Waals surface area (Å²) in [5.74, 6) is -0.922. The van der Waals surface area contributed by atoms with E-state index in [9.17, 15) is 9.90 Å². The molecule has 6 heteroatoms. The van der Waals surface area contributed by atoms with Gasteiger partial charge in [0.05, 0.1) is 21.7 Å². The Morgan fingerprint density at radius 3 is 2.42 bits per heavy atom. The van der Waals surface area contributed by atoms with E-state index in [-0.39, 0.29) is 11.6 Å². The van der Waals surface area contributed by atoms with Crippen LogP contribution in [-0.2, 0) is 12.8 Å². The molecule has 0 fully saturated rings. The van der Waals surface area contributed by atoms with E-state index in [0.29, 0.717) is 16.6 Å². The molecule has 0 aliphatic heterocycles. The SMILES string of the molecule is O=C(O)c1ccc(-c2ccc3c(c2)C[C@@H](NC[C@H](O)c2ccc(Cl)c(Cl)c2)CC3)cc1. The average Bonchev–Trinajstić information content (AvgIpc) is 2.78. The zero-order valence-corrected chi connectivity index (χ0v) is 18.3. The summed E-state index contributed by atoms with van der Waals surface area (Å²) in [7, 11) is 0. The first kappa shape index (κ1) is 21.8. The zero-order chi connectivity index (χ0) is 22.0. The zero-order valence-electron chi connectivity index (χ0n) is 16.8. The van der Waals surface area contributed by atoms with Gasteiger partial charge in [-0.1, -0.05) is 59.6 Å². The number of aliphatic hydroxyl groups excluding tert-OH is 1. The normalized spacial score (nSPS) is 16.5. The molecule has 1 aliphatic rings. The van der Waals surface area contributed by atoms with Gasteiger partial charge < -0.3 is 15.5 Å². The maximum atomic E-state index is 11.1. The molecule has 31 heavy (non-hydrogen) atoms. The van der Waals surface area contributed by atoms with Gasteiger partial charge in [-0.05, 0) is 71.3 Å². The summed E-state index contributed by atoms with van der Waals surface area (Å²) >= 11 is 12.0. The van der Waals surface area contributed by atoms with Crippen molar-refractivity contribution in [3.63, 3.8) is 0 Å². The second-order valence-electron chi connectivity index (χ2n) is 7.90. The number of carboxylic acid groups (broad SMARTS) is 1. The lowest BCUT2D eigenvalue weighted by atomic mass is 9.86. The maximum Gasteiger partial charge on any atom is 0.335 e. The lowest BCUT2D eigenvalue weighted by molar-refractivity contribution is 0.0697. The Balaban J connectivity index is 1.42. The lowest BCUT2D eigenvalue weighted by Crippen LogP contribution is -2.37. The van der Waals surface area contributed by atoms with Gasteiger partial charge in [0.15, 0.2) is 0 Å². The molecule has 0 saturated carbocycles. The first-order valence-electron chi connectivity index (χ1n) is 10.2. The van der Waals surface area contributed by atoms with Gasteiger partial charge in [0.2, 0.25) is 0 Å². The van der Waals surface area contributed by atoms with E-state index in [2.05, 4.69) is 23.5 Å². The van der Waals surface area contributed by atoms with Crippen LogP contribution in [0.4, 0.5) is 0 Å². The number of carboxylic acids is 1. The van der Waals surface area contributed by atoms with E-state index in [1.165, 1.54) is 11.1 Å². The molecule has 0 bridgehead atoms. The molecular formula is C25H23Cl2NO3. The highest BCUT2D eigenvalue weighted by molar-refractivity contribution is 6.42. The summed E-state index contributed by atoms with van der Waals surface area (Å²) < 4.78 is 0. The summed E-state index contributed by atoms with van der Waals surface area (Å²) in [4.78, 5) is 11.1. The predicted molar refractivity (Wildman–Crippen MR) is 124 cm³/mol. The summed E-state index contributed by atoms with van der Waals surface area (Å²) in [5, 5.41) is 24.0. The fraction of sp³-hybridized carbons (Fsp3) is 0.240. The predicted octanol–water partition coefficient (Wildman–Crippen LogP) is 5.54. The van der Waals surface area contributed by atoms with Crippen LogP contribution in [0, 0.1) is 0 Å². The van der Waals surface area contributed by atoms with Crippen molar-refractivity contribution < 1.29 is 15.0 Å². The van der Waals surface area contributed by atoms with Crippen LogP contribution in [0.25, 0.3) is 11.1 Å². The van der Waals surface area contributed by atoms with Gasteiger partial charge in [-0.15, -0.1) is 0 Å². The molecule has 4 nitrogen and oxygen atoms in total. The second-order valence-corrected chi connectivity index (χ2v) is 8.72. The van der Waals surface area contributed by atoms with Crippen LogP contribution in [0.1, 0.15) is 39.6 Å². The van der Waals surface area contributed by atoms with Crippen LogP contribution in [0.2, 0.25) is 10.0 Å². The fourth-order valence-electron chi connectivity index (χ4n) is 4.03. The van der Waals surface area contributed by atoms with Crippen molar-refractivity contribution in [2.75, 3.05) is 6.54 Å². The van der Waals surface area contributed by atoms with Gasteiger partial charge in [0.25, 0.3) is 0 Å². The van der Waals surface area contributed by atoms with E-state index >= 15 is 0 Å². The highest BCUT2D eigenvalue weighted by Gasteiger charge is 2.20. The number of hydrogen-bond donors (Lipinski definition) is 3. The van der Waals surface area contributed by atoms with E-state index in [1.54, 1.807) is 30.3 Å². The Kier molecular flexibility index (Phi) is 6.63. The van der Waals surface area contributed by atoms with Gasteiger partial charge >= 0.3 is 5.97 Å². The average molecular weight is 456 g/mol. The number of benzene rings is 3. The first-order chi connectivity index (χ1) is 14.9. The fourth-order valence-corrected chi connectivity index (χ4v) is 4.34. The van der Waals surface area contributed by atoms with Crippen LogP contribution in [0.3, 0.4) is 0 Å². The van der Waals surface area contributed by atoms with Crippen molar-refractivity contribution in [1.82, 2.24) is 5.32 Å². The smallest absolute Gasteiger partial charge is 0.335 e. The molecule has 2 atom stereocenters. The van der Waals surface area contributed by atoms with Crippen LogP contribution >= 0.6 is 23.2 Å². The van der Waals surface area contributed by atoms with Gasteiger partial charge in [0.1, 0.15) is 0 Å². The Bertz CT molecular complexity index is 1100. The van der Waals surface area contributed by atoms with Crippen LogP contribution < -0.4 is 5.32 Å². The van der Waals surface area contributed by atoms with Gasteiger partial charge in [0, 0.05) is 12.6 Å². The number of rotatable bonds is 6. The molecule has 0 aromatic heterocycles. The molecule has 3 aromatic carbocycles. The highest BCUT2D eigenvalue weighted by Crippen LogP contribution is 2.29. The largest absolute Gasteiger partial charge is 0.478 e. The first-order valence-corrected chi connectivity index (χ1v) is 11.0. The molecule has 1 aliphatic carbocycles. The van der Waals surface area contributed by atoms with Crippen molar-refractivity contribution in [3.8, 4) is 11.1 Å². The van der Waals surface area contributed by atoms with Crippen LogP contribution in [0.5, 0.6) is 0 Å². The van der Waals surface area contributed by atoms with E-state index in [4.69, 9.17) is 28.3 Å². The summed E-state index contributed by atoms with van der Waals surface area (Å²) in [6.07, 6.45) is 2.21. The summed E-state index contributed by atoms with van der Waals surface area (Å²) in [6, 6.07) is 18.9. The Morgan fingerprint density at radius 1 is 0.968 bits per heavy atom. The molecule has 4 rings (SSSR count). The van der Waals surface area contributed by atoms with Crippen molar-refractivity contribution in [1.29, 1.82) is 0 Å². The number of aromatic carboxylic acids is 1. The molecule has 0 amide bonds. The number of halogens is 2. The van der Waals surface area contributed by atoms with E-state index in [0.717, 1.165) is 36.0 Å². The highest BCUT2D eigenvalue weighted by atomic mass is 35.5. The minimum Gasteiger partial charge on any atom is -0.478 e. The minimum atomic E-state index is -0.922. The molecule has 0 radical (unpaired) electrons. The van der Waals surface area contributed by atoms with Crippen molar-refractivity contribution in [3.05, 3.63) is 93.0 Å². The molecule has 0 unspecified atom stereocenters. The molecule has 0 saturated heterocycles. The van der Waals surface area contributed by atoms with Crippen LogP contribution in [0.15, 0.2) is 60.7 Å². The maximum absolute atomic E-state index is 11.1. The quantitative estimate of drug-likeness (QED) is 0.456. The third-order valence-corrected chi connectivity index (χ3v) is 6.57. The number of aryl methyl sites for hydroxylation is 1. The summed E-state index contributed by atoms with van der Waals surface area (Å²) in [6.45, 7) is 0.439. The Morgan fingerprint density at radius 2 is 1.71 bits per heavy atom. The molecule has 0 heterocycles. The van der Waals surface area contributed by atoms with Crippen LogP contribution in [-0.4, -0.2) is 28.8 Å². The molecular weight excluding hydrogens is 433 g/mol. The summed E-state index contributed by atoms with van der Waals surface area (Å²) in [5.41, 5.74) is 5.73. The minimum absolute atomic E-state index is 0.273. The third kappa shape index (κ3) is 5.10. The van der Waals surface area contributed by atoms with E-state index in [1.807, 2.05) is 12.1 Å². The Labute approximate surface area is 191 Å². The van der Waals surface area contributed by atoms with Crippen molar-refractivity contribution >= 4 is 29.2 Å². The lowest BCUT2D eigenvalue weighted by Gasteiger charge is -2.27. The number of fused-ring (bicyclic) bond motifs is 1. The standard InChI is InChI=1S/C25H23Cl2NO3/c26-22-10-8-19(13-23(22)27)24(29)14-28-21-9-7-16-3-6-18(11-20(16)12-21)15-1-4-17(5-2-15)25(30)31/h1-6,8,10-11,13,21,24,28-29H,7,9,12,14H2,(H,30,31)/t21-,24-/m0/s1. The van der Waals surface area contributed by atoms with Crippen molar-refractivity contribution in [2.24, 2.45) is 0 Å². The number of hydrogen-bond acceptors (Lipinski definition) is 3. The number of aliphatic hydroxyl groups is 1. The van der Waals surface area contributed by atoms with Gasteiger partial charge in [-0.2, -0.15) is 0 Å². The van der Waals surface area contributed by atoms with Crippen molar-refractivity contribution in [2.45, 2.75) is 31.4 Å². The molecule has 160 valence electrons. The molecule has 3 aromatic rings. The monoisotopic (exact) mass is 455 g/mol. The second kappa shape index (κ2) is 9.41. The van der Waals surface area contributed by atoms with Gasteiger partial charge in [-0.3, -0.25) is 0 Å². The van der Waals surface area contributed by atoms with Gasteiger partial charge in [-0.25, -0.2) is 4.79 Å². The van der Waals surface area contributed by atoms with E-state index < -0.39 is 12.1 Å². The Hall–Kier alpha value is -2.37. The third-order valence-electron chi connectivity index (χ3n) is 5.83. The molecule has 0 spiro atoms. The molecule has 3 N–H and O–H groups in total. The topological polar surface area (TPSA) is 69.6 Å². The number of carbonyl (C=O) groups is 1.